The monoisotopic (exact) mass is 421 g/mol. The maximum absolute atomic E-state index is 12.6. The van der Waals surface area contributed by atoms with Gasteiger partial charge in [-0.1, -0.05) is 24.8 Å². The smallest absolute Gasteiger partial charge is 0.162 e. The van der Waals surface area contributed by atoms with Gasteiger partial charge in [0, 0.05) is 30.8 Å². The summed E-state index contributed by atoms with van der Waals surface area (Å²) in [6, 6.07) is 14.2. The zero-order valence-electron chi connectivity index (χ0n) is 18.9. The van der Waals surface area contributed by atoms with E-state index in [0.717, 1.165) is 69.0 Å². The summed E-state index contributed by atoms with van der Waals surface area (Å²) in [6.07, 6.45) is 4.40. The molecule has 0 saturated carbocycles. The number of para-hydroxylation sites is 1. The molecule has 5 heteroatoms. The van der Waals surface area contributed by atoms with E-state index in [1.807, 2.05) is 24.3 Å². The Morgan fingerprint density at radius 2 is 2.00 bits per heavy atom. The third-order valence-corrected chi connectivity index (χ3v) is 5.77. The SMILES string of the molecule is C=C(NCC)N1CCc2cc(C(=O)CCCCNCCc3ccccc3OC)ccc21. The summed E-state index contributed by atoms with van der Waals surface area (Å²) in [4.78, 5) is 14.8. The van der Waals surface area contributed by atoms with Gasteiger partial charge in [0.25, 0.3) is 0 Å². The van der Waals surface area contributed by atoms with Crippen LogP contribution in [0.3, 0.4) is 0 Å². The van der Waals surface area contributed by atoms with Crippen LogP contribution >= 0.6 is 0 Å². The fraction of sp³-hybridized carbons (Fsp3) is 0.423. The molecule has 0 spiro atoms. The largest absolute Gasteiger partial charge is 0.496 e. The van der Waals surface area contributed by atoms with Gasteiger partial charge in [0.15, 0.2) is 5.78 Å². The summed E-state index contributed by atoms with van der Waals surface area (Å²) in [5.74, 6) is 2.11. The number of rotatable bonds is 13. The summed E-state index contributed by atoms with van der Waals surface area (Å²) in [5, 5.41) is 6.75. The Labute approximate surface area is 186 Å². The molecule has 3 rings (SSSR count). The highest BCUT2D eigenvalue weighted by Gasteiger charge is 2.22. The number of benzene rings is 2. The first-order valence-corrected chi connectivity index (χ1v) is 11.3. The molecule has 0 amide bonds. The third kappa shape index (κ3) is 6.11. The highest BCUT2D eigenvalue weighted by Crippen LogP contribution is 2.31. The molecule has 2 aromatic rings. The van der Waals surface area contributed by atoms with E-state index in [2.05, 4.69) is 47.2 Å². The molecule has 31 heavy (non-hydrogen) atoms. The second kappa shape index (κ2) is 11.6. The number of nitrogens with zero attached hydrogens (tertiary/aromatic N) is 1. The van der Waals surface area contributed by atoms with Gasteiger partial charge in [-0.2, -0.15) is 0 Å². The lowest BCUT2D eigenvalue weighted by Gasteiger charge is -2.22. The van der Waals surface area contributed by atoms with Crippen LogP contribution in [0.2, 0.25) is 0 Å². The van der Waals surface area contributed by atoms with Gasteiger partial charge in [-0.25, -0.2) is 0 Å². The number of hydrogen-bond acceptors (Lipinski definition) is 5. The first kappa shape index (κ1) is 22.9. The molecular formula is C26H35N3O2. The Bertz CT molecular complexity index is 894. The molecule has 0 aromatic heterocycles. The first-order chi connectivity index (χ1) is 15.1. The predicted octanol–water partition coefficient (Wildman–Crippen LogP) is 4.32. The zero-order valence-corrected chi connectivity index (χ0v) is 18.9. The third-order valence-electron chi connectivity index (χ3n) is 5.77. The van der Waals surface area contributed by atoms with Crippen molar-refractivity contribution in [2.45, 2.75) is 39.0 Å². The zero-order chi connectivity index (χ0) is 22.1. The molecule has 0 unspecified atom stereocenters. The number of ether oxygens (including phenoxy) is 1. The van der Waals surface area contributed by atoms with E-state index in [0.29, 0.717) is 6.42 Å². The van der Waals surface area contributed by atoms with E-state index in [1.165, 1.54) is 16.8 Å². The van der Waals surface area contributed by atoms with Crippen molar-refractivity contribution in [3.8, 4) is 5.75 Å². The topological polar surface area (TPSA) is 53.6 Å². The summed E-state index contributed by atoms with van der Waals surface area (Å²) in [5.41, 5.74) is 4.46. The van der Waals surface area contributed by atoms with Gasteiger partial charge in [-0.05, 0) is 81.1 Å². The average Bonchev–Trinajstić information content (AvgIpc) is 3.22. The van der Waals surface area contributed by atoms with Crippen LogP contribution in [0, 0.1) is 0 Å². The summed E-state index contributed by atoms with van der Waals surface area (Å²) >= 11 is 0. The van der Waals surface area contributed by atoms with Gasteiger partial charge < -0.3 is 20.3 Å². The van der Waals surface area contributed by atoms with Gasteiger partial charge in [-0.15, -0.1) is 0 Å². The van der Waals surface area contributed by atoms with Crippen LogP contribution < -0.4 is 20.3 Å². The Morgan fingerprint density at radius 1 is 1.16 bits per heavy atom. The molecule has 1 aliphatic heterocycles. The second-order valence-electron chi connectivity index (χ2n) is 7.91. The van der Waals surface area contributed by atoms with Crippen molar-refractivity contribution in [1.29, 1.82) is 0 Å². The number of nitrogens with one attached hydrogen (secondary N) is 2. The molecule has 0 bridgehead atoms. The molecule has 1 heterocycles. The van der Waals surface area contributed by atoms with Crippen molar-refractivity contribution in [2.75, 3.05) is 38.2 Å². The maximum atomic E-state index is 12.6. The van der Waals surface area contributed by atoms with E-state index >= 15 is 0 Å². The van der Waals surface area contributed by atoms with Crippen LogP contribution in [0.4, 0.5) is 5.69 Å². The van der Waals surface area contributed by atoms with E-state index in [1.54, 1.807) is 7.11 Å². The Kier molecular flexibility index (Phi) is 8.53. The number of carbonyl (C=O) groups excluding carboxylic acids is 1. The molecule has 2 N–H and O–H groups in total. The quantitative estimate of drug-likeness (QED) is 0.373. The second-order valence-corrected chi connectivity index (χ2v) is 7.91. The van der Waals surface area contributed by atoms with Gasteiger partial charge in [0.1, 0.15) is 5.75 Å². The molecular weight excluding hydrogens is 386 g/mol. The summed E-state index contributed by atoms with van der Waals surface area (Å²) < 4.78 is 5.39. The number of methoxy groups -OCH3 is 1. The van der Waals surface area contributed by atoms with Crippen molar-refractivity contribution in [3.63, 3.8) is 0 Å². The number of hydrogen-bond donors (Lipinski definition) is 2. The first-order valence-electron chi connectivity index (χ1n) is 11.3. The Morgan fingerprint density at radius 3 is 2.81 bits per heavy atom. The molecule has 0 atom stereocenters. The lowest BCUT2D eigenvalue weighted by molar-refractivity contribution is 0.0979. The number of ketones is 1. The van der Waals surface area contributed by atoms with Crippen LogP contribution in [0.5, 0.6) is 5.75 Å². The van der Waals surface area contributed by atoms with Crippen LogP contribution in [0.25, 0.3) is 0 Å². The molecule has 2 aromatic carbocycles. The number of Topliss-reactive ketones (excluding diaryl/α,β-unsaturated/α-hetero) is 1. The maximum Gasteiger partial charge on any atom is 0.162 e. The Hall–Kier alpha value is -2.79. The van der Waals surface area contributed by atoms with E-state index in [4.69, 9.17) is 4.74 Å². The molecule has 0 radical (unpaired) electrons. The van der Waals surface area contributed by atoms with E-state index in [9.17, 15) is 4.79 Å². The molecule has 0 fully saturated rings. The van der Waals surface area contributed by atoms with Gasteiger partial charge in [-0.3, -0.25) is 4.79 Å². The lowest BCUT2D eigenvalue weighted by Crippen LogP contribution is -2.29. The minimum Gasteiger partial charge on any atom is -0.496 e. The normalized spacial score (nSPS) is 12.5. The van der Waals surface area contributed by atoms with Crippen LogP contribution in [0.15, 0.2) is 54.9 Å². The predicted molar refractivity (Wildman–Crippen MR) is 128 cm³/mol. The van der Waals surface area contributed by atoms with E-state index in [-0.39, 0.29) is 5.78 Å². The van der Waals surface area contributed by atoms with Crippen molar-refractivity contribution >= 4 is 11.5 Å². The molecule has 166 valence electrons. The van der Waals surface area contributed by atoms with Crippen LogP contribution in [0.1, 0.15) is 47.7 Å². The highest BCUT2D eigenvalue weighted by molar-refractivity contribution is 5.96. The van der Waals surface area contributed by atoms with Crippen LogP contribution in [-0.4, -0.2) is 39.1 Å². The van der Waals surface area contributed by atoms with Crippen molar-refractivity contribution < 1.29 is 9.53 Å². The summed E-state index contributed by atoms with van der Waals surface area (Å²) in [7, 11) is 1.71. The molecule has 0 saturated heterocycles. The van der Waals surface area contributed by atoms with Crippen molar-refractivity contribution in [2.24, 2.45) is 0 Å². The Balaban J connectivity index is 1.37. The van der Waals surface area contributed by atoms with Gasteiger partial charge in [0.05, 0.1) is 12.9 Å². The minimum atomic E-state index is 0.237. The van der Waals surface area contributed by atoms with E-state index < -0.39 is 0 Å². The van der Waals surface area contributed by atoms with Crippen molar-refractivity contribution in [3.05, 3.63) is 71.6 Å². The summed E-state index contributed by atoms with van der Waals surface area (Å²) in [6.45, 7) is 9.79. The molecule has 0 aliphatic carbocycles. The fourth-order valence-electron chi connectivity index (χ4n) is 4.09. The number of fused-ring (bicyclic) bond motifs is 1. The standard InChI is InChI=1S/C26H35N3O2/c1-4-28-20(2)29-18-15-22-19-23(12-13-24(22)29)25(30)10-7-8-16-27-17-14-21-9-5-6-11-26(21)31-3/h5-6,9,11-13,19,27-28H,2,4,7-8,10,14-18H2,1,3H3. The minimum absolute atomic E-state index is 0.237. The lowest BCUT2D eigenvalue weighted by atomic mass is 10.0. The number of carbonyl (C=O) groups is 1. The fourth-order valence-corrected chi connectivity index (χ4v) is 4.09. The average molecular weight is 422 g/mol. The molecule has 1 aliphatic rings. The highest BCUT2D eigenvalue weighted by atomic mass is 16.5. The molecule has 5 nitrogen and oxygen atoms in total. The van der Waals surface area contributed by atoms with Crippen LogP contribution in [-0.2, 0) is 12.8 Å². The number of unbranched alkanes of at least 4 members (excludes halogenated alkanes) is 1. The van der Waals surface area contributed by atoms with Crippen molar-refractivity contribution in [1.82, 2.24) is 10.6 Å². The van der Waals surface area contributed by atoms with Gasteiger partial charge >= 0.3 is 0 Å². The number of anilines is 1. The van der Waals surface area contributed by atoms with Gasteiger partial charge in [0.2, 0.25) is 0 Å².